The van der Waals surface area contributed by atoms with Gasteiger partial charge in [-0.25, -0.2) is 4.68 Å². The zero-order valence-corrected chi connectivity index (χ0v) is 17.3. The van der Waals surface area contributed by atoms with Crippen molar-refractivity contribution in [3.05, 3.63) is 64.8 Å². The van der Waals surface area contributed by atoms with Crippen molar-refractivity contribution in [1.82, 2.24) is 9.78 Å². The minimum absolute atomic E-state index is 0.460. The molecule has 0 radical (unpaired) electrons. The van der Waals surface area contributed by atoms with Gasteiger partial charge in [0, 0.05) is 25.1 Å². The molecule has 0 saturated heterocycles. The van der Waals surface area contributed by atoms with E-state index in [0.29, 0.717) is 11.8 Å². The van der Waals surface area contributed by atoms with Crippen LogP contribution in [-0.2, 0) is 11.5 Å². The number of halogens is 1. The van der Waals surface area contributed by atoms with Gasteiger partial charge in [0.2, 0.25) is 0 Å². The van der Waals surface area contributed by atoms with Crippen LogP contribution in [0.15, 0.2) is 48.5 Å². The Balaban J connectivity index is 1.82. The summed E-state index contributed by atoms with van der Waals surface area (Å²) in [6.45, 7) is 8.30. The molecule has 0 aliphatic heterocycles. The first-order valence-corrected chi connectivity index (χ1v) is 13.0. The minimum atomic E-state index is -1.08. The molecule has 3 nitrogen and oxygen atoms in total. The Morgan fingerprint density at radius 1 is 1.08 bits per heavy atom. The van der Waals surface area contributed by atoms with Gasteiger partial charge in [-0.2, -0.15) is 5.10 Å². The van der Waals surface area contributed by atoms with E-state index in [1.807, 2.05) is 47.2 Å². The van der Waals surface area contributed by atoms with Crippen molar-refractivity contribution < 1.29 is 4.74 Å². The van der Waals surface area contributed by atoms with Gasteiger partial charge in [0.1, 0.15) is 6.73 Å². The van der Waals surface area contributed by atoms with E-state index in [-0.39, 0.29) is 0 Å². The van der Waals surface area contributed by atoms with Crippen molar-refractivity contribution in [3.63, 3.8) is 0 Å². The van der Waals surface area contributed by atoms with Gasteiger partial charge in [-0.1, -0.05) is 67.6 Å². The molecule has 0 saturated carbocycles. The summed E-state index contributed by atoms with van der Waals surface area (Å²) in [7, 11) is -1.08. The van der Waals surface area contributed by atoms with Gasteiger partial charge in [-0.05, 0) is 35.9 Å². The van der Waals surface area contributed by atoms with Gasteiger partial charge < -0.3 is 4.74 Å². The van der Waals surface area contributed by atoms with Crippen LogP contribution in [-0.4, -0.2) is 24.5 Å². The molecule has 0 fully saturated rings. The minimum Gasteiger partial charge on any atom is -0.360 e. The third-order valence-corrected chi connectivity index (χ3v) is 6.12. The highest BCUT2D eigenvalue weighted by molar-refractivity contribution is 6.76. The lowest BCUT2D eigenvalue weighted by Crippen LogP contribution is -2.22. The van der Waals surface area contributed by atoms with Gasteiger partial charge in [0.15, 0.2) is 0 Å². The van der Waals surface area contributed by atoms with E-state index in [0.717, 1.165) is 34.8 Å². The van der Waals surface area contributed by atoms with Gasteiger partial charge in [-0.3, -0.25) is 0 Å². The molecule has 0 aliphatic carbocycles. The number of nitrogens with zero attached hydrogens (tertiary/aromatic N) is 2. The largest absolute Gasteiger partial charge is 0.360 e. The molecular weight excluding hydrogens is 360 g/mol. The highest BCUT2D eigenvalue weighted by Crippen LogP contribution is 2.24. The van der Waals surface area contributed by atoms with Crippen LogP contribution in [0.25, 0.3) is 23.1 Å². The summed E-state index contributed by atoms with van der Waals surface area (Å²) < 4.78 is 7.81. The Hall–Kier alpha value is -1.88. The Kier molecular flexibility index (Phi) is 5.96. The molecule has 2 aromatic carbocycles. The van der Waals surface area contributed by atoms with Crippen molar-refractivity contribution in [2.75, 3.05) is 6.61 Å². The third kappa shape index (κ3) is 5.07. The third-order valence-electron chi connectivity index (χ3n) is 4.18. The molecule has 0 atom stereocenters. The predicted octanol–water partition coefficient (Wildman–Crippen LogP) is 6.17. The summed E-state index contributed by atoms with van der Waals surface area (Å²) in [4.78, 5) is 0. The molecule has 136 valence electrons. The molecule has 0 spiro atoms. The second-order valence-corrected chi connectivity index (χ2v) is 13.7. The van der Waals surface area contributed by atoms with E-state index in [2.05, 4.69) is 37.8 Å². The number of hydrogen-bond acceptors (Lipinski definition) is 2. The van der Waals surface area contributed by atoms with E-state index in [1.165, 1.54) is 0 Å². The van der Waals surface area contributed by atoms with Crippen molar-refractivity contribution in [2.45, 2.75) is 32.4 Å². The molecule has 26 heavy (non-hydrogen) atoms. The average Bonchev–Trinajstić information content (AvgIpc) is 2.94. The second kappa shape index (κ2) is 8.21. The molecule has 0 aliphatic rings. The van der Waals surface area contributed by atoms with Crippen LogP contribution in [0.3, 0.4) is 0 Å². The van der Waals surface area contributed by atoms with Crippen LogP contribution < -0.4 is 0 Å². The quantitative estimate of drug-likeness (QED) is 0.359. The Labute approximate surface area is 161 Å². The van der Waals surface area contributed by atoms with Gasteiger partial charge in [0.05, 0.1) is 11.2 Å². The first-order valence-electron chi connectivity index (χ1n) is 8.89. The molecule has 3 rings (SSSR count). The van der Waals surface area contributed by atoms with Crippen molar-refractivity contribution in [3.8, 4) is 0 Å². The fourth-order valence-corrected chi connectivity index (χ4v) is 3.60. The zero-order chi connectivity index (χ0) is 18.6. The number of hydrogen-bond donors (Lipinski definition) is 0. The maximum Gasteiger partial charge on any atom is 0.140 e. The van der Waals surface area contributed by atoms with Crippen LogP contribution in [0.1, 0.15) is 11.3 Å². The molecule has 0 amide bonds. The fraction of sp³-hybridized carbons (Fsp3) is 0.286. The van der Waals surface area contributed by atoms with Crippen molar-refractivity contribution in [1.29, 1.82) is 0 Å². The summed E-state index contributed by atoms with van der Waals surface area (Å²) in [5.41, 5.74) is 3.08. The monoisotopic (exact) mass is 384 g/mol. The standard InChI is InChI=1S/C21H25ClN2OSi/c1-26(2,3)14-13-25-16-24-21-12-10-18(22)15-19(21)20(23-24)11-9-17-7-5-4-6-8-17/h4-12,15H,13-14,16H2,1-3H3. The van der Waals surface area contributed by atoms with E-state index >= 15 is 0 Å². The van der Waals surface area contributed by atoms with E-state index in [1.54, 1.807) is 0 Å². The van der Waals surface area contributed by atoms with Crippen LogP contribution in [0.5, 0.6) is 0 Å². The van der Waals surface area contributed by atoms with Crippen molar-refractivity contribution in [2.24, 2.45) is 0 Å². The molecule has 5 heteroatoms. The highest BCUT2D eigenvalue weighted by Gasteiger charge is 2.13. The molecule has 1 aromatic heterocycles. The predicted molar refractivity (Wildman–Crippen MR) is 114 cm³/mol. The smallest absolute Gasteiger partial charge is 0.140 e. The Morgan fingerprint density at radius 3 is 2.58 bits per heavy atom. The summed E-state index contributed by atoms with van der Waals surface area (Å²) in [6, 6.07) is 17.2. The maximum atomic E-state index is 6.21. The van der Waals surface area contributed by atoms with E-state index in [4.69, 9.17) is 21.4 Å². The van der Waals surface area contributed by atoms with Crippen LogP contribution in [0, 0.1) is 0 Å². The number of ether oxygens (including phenoxy) is 1. The van der Waals surface area contributed by atoms with E-state index < -0.39 is 8.07 Å². The van der Waals surface area contributed by atoms with Gasteiger partial charge in [-0.15, -0.1) is 0 Å². The van der Waals surface area contributed by atoms with Gasteiger partial charge in [0.25, 0.3) is 0 Å². The average molecular weight is 385 g/mol. The highest BCUT2D eigenvalue weighted by atomic mass is 35.5. The number of fused-ring (bicyclic) bond motifs is 1. The molecule has 0 bridgehead atoms. The van der Waals surface area contributed by atoms with Crippen molar-refractivity contribution >= 4 is 42.7 Å². The molecule has 3 aromatic rings. The Morgan fingerprint density at radius 2 is 1.85 bits per heavy atom. The summed E-state index contributed by atoms with van der Waals surface area (Å²) in [6.07, 6.45) is 4.10. The topological polar surface area (TPSA) is 27.1 Å². The second-order valence-electron chi connectivity index (χ2n) is 7.64. The van der Waals surface area contributed by atoms with Gasteiger partial charge >= 0.3 is 0 Å². The lowest BCUT2D eigenvalue weighted by molar-refractivity contribution is 0.0816. The number of aromatic nitrogens is 2. The Bertz CT molecular complexity index is 898. The molecule has 0 N–H and O–H groups in total. The normalized spacial score (nSPS) is 12.3. The number of rotatable bonds is 7. The molecule has 0 unspecified atom stereocenters. The molecule has 1 heterocycles. The van der Waals surface area contributed by atoms with E-state index in [9.17, 15) is 0 Å². The first kappa shape index (κ1) is 18.9. The van der Waals surface area contributed by atoms with Crippen LogP contribution >= 0.6 is 11.6 Å². The lowest BCUT2D eigenvalue weighted by atomic mass is 10.1. The SMILES string of the molecule is C[Si](C)(C)CCOCn1nc(C=Cc2ccccc2)c2cc(Cl)ccc21. The van der Waals surface area contributed by atoms with Crippen LogP contribution in [0.4, 0.5) is 0 Å². The van der Waals surface area contributed by atoms with Crippen LogP contribution in [0.2, 0.25) is 30.7 Å². The fourth-order valence-electron chi connectivity index (χ4n) is 2.67. The maximum absolute atomic E-state index is 6.21. The zero-order valence-electron chi connectivity index (χ0n) is 15.6. The number of benzene rings is 2. The first-order chi connectivity index (χ1) is 12.4. The summed E-state index contributed by atoms with van der Waals surface area (Å²) >= 11 is 6.21. The molecular formula is C21H25ClN2OSi. The summed E-state index contributed by atoms with van der Waals surface area (Å²) in [5.74, 6) is 0. The summed E-state index contributed by atoms with van der Waals surface area (Å²) in [5, 5.41) is 6.49. The lowest BCUT2D eigenvalue weighted by Gasteiger charge is -2.15.